The number of nitrogens with one attached hydrogen (secondary N) is 1. The fraction of sp³-hybridized carbons (Fsp3) is 0.522. The molecule has 4 rings (SSSR count). The van der Waals surface area contributed by atoms with Crippen molar-refractivity contribution in [2.45, 2.75) is 51.4 Å². The smallest absolute Gasteiger partial charge is 0.320 e. The first-order valence-electron chi connectivity index (χ1n) is 11.2. The van der Waals surface area contributed by atoms with Gasteiger partial charge in [0, 0.05) is 24.2 Å². The number of carbonyl (C=O) groups is 1. The standard InChI is InChI=1S/C23H27ClF3N5O3/c1-13(14-5-4-6-16(18(14)25)23(26,27)22(2,3)34)28-19-15-11-32(12-17(15)29-20(24)30-19)21(33)31-7-9-35-10-8-31/h4-6,13,34H,7-12H2,1-3H3,(H,28,29,30)/t13-/m1/s1. The average molecular weight is 514 g/mol. The first-order chi connectivity index (χ1) is 16.4. The second-order valence-electron chi connectivity index (χ2n) is 9.21. The molecule has 0 saturated carbocycles. The van der Waals surface area contributed by atoms with E-state index in [-0.39, 0.29) is 30.0 Å². The summed E-state index contributed by atoms with van der Waals surface area (Å²) in [5.41, 5.74) is -2.20. The van der Waals surface area contributed by atoms with Crippen molar-refractivity contribution in [1.29, 1.82) is 0 Å². The lowest BCUT2D eigenvalue weighted by molar-refractivity contribution is -0.170. The summed E-state index contributed by atoms with van der Waals surface area (Å²) in [6.07, 6.45) is 0. The van der Waals surface area contributed by atoms with Crippen molar-refractivity contribution in [1.82, 2.24) is 19.8 Å². The van der Waals surface area contributed by atoms with Gasteiger partial charge in [-0.25, -0.2) is 19.2 Å². The van der Waals surface area contributed by atoms with E-state index in [2.05, 4.69) is 15.3 Å². The van der Waals surface area contributed by atoms with Crippen LogP contribution in [0, 0.1) is 5.82 Å². The van der Waals surface area contributed by atoms with Gasteiger partial charge >= 0.3 is 12.0 Å². The number of fused-ring (bicyclic) bond motifs is 1. The van der Waals surface area contributed by atoms with Gasteiger partial charge < -0.3 is 25.0 Å². The molecule has 2 amide bonds. The van der Waals surface area contributed by atoms with Gasteiger partial charge in [-0.15, -0.1) is 0 Å². The Morgan fingerprint density at radius 1 is 1.20 bits per heavy atom. The fourth-order valence-electron chi connectivity index (χ4n) is 4.17. The summed E-state index contributed by atoms with van der Waals surface area (Å²) in [5.74, 6) is -4.64. The van der Waals surface area contributed by atoms with E-state index in [4.69, 9.17) is 16.3 Å². The lowest BCUT2D eigenvalue weighted by atomic mass is 9.91. The van der Waals surface area contributed by atoms with Crippen LogP contribution in [0.3, 0.4) is 0 Å². The summed E-state index contributed by atoms with van der Waals surface area (Å²) in [5, 5.41) is 12.9. The van der Waals surface area contributed by atoms with E-state index in [0.717, 1.165) is 19.9 Å². The van der Waals surface area contributed by atoms with Crippen molar-refractivity contribution in [2.24, 2.45) is 0 Å². The molecule has 2 aliphatic rings. The van der Waals surface area contributed by atoms with Crippen LogP contribution in [0.2, 0.25) is 5.28 Å². The van der Waals surface area contributed by atoms with Crippen LogP contribution in [0.15, 0.2) is 18.2 Å². The summed E-state index contributed by atoms with van der Waals surface area (Å²) >= 11 is 6.11. The maximum absolute atomic E-state index is 15.2. The van der Waals surface area contributed by atoms with Gasteiger partial charge in [0.2, 0.25) is 5.28 Å². The molecule has 2 aromatic rings. The Morgan fingerprint density at radius 2 is 1.89 bits per heavy atom. The third-order valence-electron chi connectivity index (χ3n) is 6.26. The number of carbonyl (C=O) groups excluding carboxylic acids is 1. The molecule has 35 heavy (non-hydrogen) atoms. The molecule has 2 aliphatic heterocycles. The normalized spacial score (nSPS) is 17.4. The highest BCUT2D eigenvalue weighted by molar-refractivity contribution is 6.28. The van der Waals surface area contributed by atoms with Gasteiger partial charge in [-0.2, -0.15) is 8.78 Å². The molecule has 0 radical (unpaired) electrons. The number of anilines is 1. The van der Waals surface area contributed by atoms with E-state index in [9.17, 15) is 18.7 Å². The van der Waals surface area contributed by atoms with E-state index in [1.807, 2.05) is 0 Å². The largest absolute Gasteiger partial charge is 0.384 e. The molecule has 1 saturated heterocycles. The van der Waals surface area contributed by atoms with E-state index in [1.165, 1.54) is 12.1 Å². The highest BCUT2D eigenvalue weighted by Gasteiger charge is 2.49. The second kappa shape index (κ2) is 9.44. The van der Waals surface area contributed by atoms with Gasteiger partial charge in [0.1, 0.15) is 17.2 Å². The van der Waals surface area contributed by atoms with Crippen molar-refractivity contribution in [2.75, 3.05) is 31.6 Å². The predicted molar refractivity (Wildman–Crippen MR) is 123 cm³/mol. The number of aromatic nitrogens is 2. The fourth-order valence-corrected chi connectivity index (χ4v) is 4.36. The highest BCUT2D eigenvalue weighted by atomic mass is 35.5. The zero-order chi connectivity index (χ0) is 25.5. The molecule has 8 nitrogen and oxygen atoms in total. The Morgan fingerprint density at radius 3 is 2.54 bits per heavy atom. The molecule has 190 valence electrons. The van der Waals surface area contributed by atoms with Crippen LogP contribution >= 0.6 is 11.6 Å². The van der Waals surface area contributed by atoms with Gasteiger partial charge in [0.15, 0.2) is 0 Å². The molecule has 0 aliphatic carbocycles. The van der Waals surface area contributed by atoms with Crippen molar-refractivity contribution < 1.29 is 27.8 Å². The number of nitrogens with zero attached hydrogens (tertiary/aromatic N) is 4. The summed E-state index contributed by atoms with van der Waals surface area (Å²) in [6.45, 7) is 5.83. The van der Waals surface area contributed by atoms with Crippen molar-refractivity contribution in [3.63, 3.8) is 0 Å². The van der Waals surface area contributed by atoms with E-state index in [0.29, 0.717) is 43.4 Å². The minimum absolute atomic E-state index is 0.0332. The Labute approximate surface area is 206 Å². The minimum Gasteiger partial charge on any atom is -0.384 e. The molecule has 0 unspecified atom stereocenters. The van der Waals surface area contributed by atoms with Gasteiger partial charge in [-0.05, 0) is 38.4 Å². The lowest BCUT2D eigenvalue weighted by Crippen LogP contribution is -2.46. The first kappa shape index (κ1) is 25.5. The lowest BCUT2D eigenvalue weighted by Gasteiger charge is -2.30. The highest BCUT2D eigenvalue weighted by Crippen LogP contribution is 2.41. The molecule has 1 atom stereocenters. The maximum Gasteiger partial charge on any atom is 0.320 e. The third kappa shape index (κ3) is 4.89. The number of amides is 2. The van der Waals surface area contributed by atoms with Crippen LogP contribution < -0.4 is 5.32 Å². The van der Waals surface area contributed by atoms with Gasteiger partial charge in [-0.3, -0.25) is 0 Å². The monoisotopic (exact) mass is 513 g/mol. The first-order valence-corrected chi connectivity index (χ1v) is 11.6. The van der Waals surface area contributed by atoms with Gasteiger partial charge in [0.25, 0.3) is 0 Å². The van der Waals surface area contributed by atoms with Crippen molar-refractivity contribution >= 4 is 23.4 Å². The quantitative estimate of drug-likeness (QED) is 0.586. The topological polar surface area (TPSA) is 90.8 Å². The Bertz CT molecular complexity index is 1120. The molecule has 1 aromatic heterocycles. The molecule has 0 bridgehead atoms. The average Bonchev–Trinajstić information content (AvgIpc) is 3.22. The van der Waals surface area contributed by atoms with Crippen LogP contribution in [-0.4, -0.2) is 62.8 Å². The Hall–Kier alpha value is -2.63. The van der Waals surface area contributed by atoms with Crippen LogP contribution in [0.1, 0.15) is 49.2 Å². The number of hydrogen-bond acceptors (Lipinski definition) is 6. The summed E-state index contributed by atoms with van der Waals surface area (Å²) in [4.78, 5) is 24.7. The molecule has 1 aromatic carbocycles. The van der Waals surface area contributed by atoms with Crippen molar-refractivity contribution in [3.05, 3.63) is 51.7 Å². The molecule has 3 heterocycles. The molecule has 1 fully saturated rings. The van der Waals surface area contributed by atoms with Crippen LogP contribution in [0.4, 0.5) is 23.8 Å². The van der Waals surface area contributed by atoms with E-state index in [1.54, 1.807) is 16.7 Å². The number of rotatable bonds is 5. The zero-order valence-electron chi connectivity index (χ0n) is 19.6. The van der Waals surface area contributed by atoms with Crippen molar-refractivity contribution in [3.8, 4) is 0 Å². The van der Waals surface area contributed by atoms with Crippen LogP contribution in [0.25, 0.3) is 0 Å². The Balaban J connectivity index is 1.58. The van der Waals surface area contributed by atoms with Crippen LogP contribution in [0.5, 0.6) is 0 Å². The number of alkyl halides is 2. The summed E-state index contributed by atoms with van der Waals surface area (Å²) in [6, 6.07) is 2.71. The number of hydrogen-bond donors (Lipinski definition) is 2. The second-order valence-corrected chi connectivity index (χ2v) is 9.55. The Kier molecular flexibility index (Phi) is 6.87. The molecule has 0 spiro atoms. The number of ether oxygens (including phenoxy) is 1. The molecule has 12 heteroatoms. The zero-order valence-corrected chi connectivity index (χ0v) is 20.4. The number of urea groups is 1. The molecular formula is C23H27ClF3N5O3. The van der Waals surface area contributed by atoms with Gasteiger partial charge in [-0.1, -0.05) is 12.1 Å². The third-order valence-corrected chi connectivity index (χ3v) is 6.43. The van der Waals surface area contributed by atoms with E-state index < -0.39 is 28.9 Å². The molecule has 2 N–H and O–H groups in total. The minimum atomic E-state index is -3.81. The molecular weight excluding hydrogens is 487 g/mol. The van der Waals surface area contributed by atoms with Gasteiger partial charge in [0.05, 0.1) is 43.6 Å². The number of morpholine rings is 1. The van der Waals surface area contributed by atoms with E-state index >= 15 is 4.39 Å². The number of benzene rings is 1. The van der Waals surface area contributed by atoms with Crippen LogP contribution in [-0.2, 0) is 23.7 Å². The number of halogens is 4. The summed E-state index contributed by atoms with van der Waals surface area (Å²) < 4.78 is 49.9. The number of aliphatic hydroxyl groups is 1. The summed E-state index contributed by atoms with van der Waals surface area (Å²) in [7, 11) is 0. The SMILES string of the molecule is C[C@@H](Nc1nc(Cl)nc2c1CN(C(=O)N1CCOCC1)C2)c1cccc(C(F)(F)C(C)(C)O)c1F. The predicted octanol–water partition coefficient (Wildman–Crippen LogP) is 4.07. The maximum atomic E-state index is 15.2.